The zero-order chi connectivity index (χ0) is 17.6. The lowest BCUT2D eigenvalue weighted by molar-refractivity contribution is 0.577. The smallest absolute Gasteiger partial charge is 0.216 e. The number of hydrogen-bond acceptors (Lipinski definition) is 4. The molecular weight excluding hydrogens is 511 g/mol. The lowest BCUT2D eigenvalue weighted by Gasteiger charge is -2.19. The van der Waals surface area contributed by atoms with Gasteiger partial charge in [-0.3, -0.25) is 10.1 Å². The van der Waals surface area contributed by atoms with E-state index in [4.69, 9.17) is 4.42 Å². The number of nitrogens with one attached hydrogen (secondary N) is 3. The first-order valence-electron chi connectivity index (χ1n) is 7.84. The van der Waals surface area contributed by atoms with Crippen LogP contribution in [0.25, 0.3) is 11.6 Å². The Morgan fingerprint density at radius 3 is 2.81 bits per heavy atom. The van der Waals surface area contributed by atoms with Gasteiger partial charge in [0.1, 0.15) is 5.82 Å². The van der Waals surface area contributed by atoms with E-state index in [2.05, 4.69) is 59.7 Å². The molecule has 0 aliphatic heterocycles. The fraction of sp³-hybridized carbons (Fsp3) is 0.235. The molecule has 26 heavy (non-hydrogen) atoms. The summed E-state index contributed by atoms with van der Waals surface area (Å²) >= 11 is 3.57. The maximum Gasteiger partial charge on any atom is 0.216 e. The van der Waals surface area contributed by atoms with E-state index < -0.39 is 0 Å². The minimum Gasteiger partial charge on any atom is -0.461 e. The molecule has 2 aromatic heterocycles. The molecule has 0 aliphatic rings. The highest BCUT2D eigenvalue weighted by molar-refractivity contribution is 14.0. The van der Waals surface area contributed by atoms with Crippen LogP contribution in [0, 0.1) is 0 Å². The first kappa shape index (κ1) is 20.4. The maximum absolute atomic E-state index is 5.29. The molecule has 0 amide bonds. The fourth-order valence-corrected chi connectivity index (χ4v) is 2.99. The Balaban J connectivity index is 0.00000243. The molecule has 1 unspecified atom stereocenters. The van der Waals surface area contributed by atoms with Gasteiger partial charge >= 0.3 is 0 Å². The lowest BCUT2D eigenvalue weighted by Crippen LogP contribution is -2.38. The van der Waals surface area contributed by atoms with Gasteiger partial charge in [0.2, 0.25) is 5.82 Å². The molecule has 3 rings (SSSR count). The van der Waals surface area contributed by atoms with Gasteiger partial charge in [-0.25, -0.2) is 4.98 Å². The van der Waals surface area contributed by atoms with Gasteiger partial charge in [-0.15, -0.1) is 29.1 Å². The highest BCUT2D eigenvalue weighted by Crippen LogP contribution is 2.22. The van der Waals surface area contributed by atoms with Crippen molar-refractivity contribution >= 4 is 45.9 Å². The summed E-state index contributed by atoms with van der Waals surface area (Å²) in [6.45, 7) is 2.55. The summed E-state index contributed by atoms with van der Waals surface area (Å²) in [5, 5.41) is 13.6. The Kier molecular flexibility index (Phi) is 7.64. The van der Waals surface area contributed by atoms with Crippen LogP contribution in [0.1, 0.15) is 24.4 Å². The minimum absolute atomic E-state index is 0. The van der Waals surface area contributed by atoms with Crippen LogP contribution in [0.3, 0.4) is 0 Å². The monoisotopic (exact) mass is 530 g/mol. The molecule has 2 heterocycles. The Bertz CT molecular complexity index is 849. The van der Waals surface area contributed by atoms with Crippen LogP contribution >= 0.6 is 39.9 Å². The standard InChI is InChI=1S/C17H19BrN6O.HI/c1-11(12-6-3-4-7-13(12)18)21-17(19-2)20-10-15-22-16(24-23-15)14-8-5-9-25-14;/h3-9,11H,10H2,1-2H3,(H2,19,20,21)(H,22,23,24);1H. The summed E-state index contributed by atoms with van der Waals surface area (Å²) in [5.74, 6) is 2.54. The van der Waals surface area contributed by atoms with E-state index in [0.29, 0.717) is 29.9 Å². The number of hydrogen-bond donors (Lipinski definition) is 3. The molecule has 138 valence electrons. The molecule has 0 radical (unpaired) electrons. The summed E-state index contributed by atoms with van der Waals surface area (Å²) in [7, 11) is 1.73. The second kappa shape index (κ2) is 9.72. The maximum atomic E-state index is 5.29. The summed E-state index contributed by atoms with van der Waals surface area (Å²) in [5.41, 5.74) is 1.16. The van der Waals surface area contributed by atoms with Gasteiger partial charge in [-0.1, -0.05) is 34.1 Å². The zero-order valence-electron chi connectivity index (χ0n) is 14.4. The first-order chi connectivity index (χ1) is 12.2. The molecule has 7 nitrogen and oxygen atoms in total. The van der Waals surface area contributed by atoms with Crippen LogP contribution in [0.4, 0.5) is 0 Å². The molecule has 1 atom stereocenters. The van der Waals surface area contributed by atoms with Crippen LogP contribution < -0.4 is 10.6 Å². The van der Waals surface area contributed by atoms with Crippen LogP contribution in [-0.4, -0.2) is 28.2 Å². The summed E-state index contributed by atoms with van der Waals surface area (Å²) < 4.78 is 6.35. The molecule has 0 spiro atoms. The van der Waals surface area contributed by atoms with Gasteiger partial charge in [-0.05, 0) is 30.7 Å². The molecule has 0 saturated heterocycles. The minimum atomic E-state index is 0. The molecule has 0 saturated carbocycles. The third kappa shape index (κ3) is 5.07. The van der Waals surface area contributed by atoms with Gasteiger partial charge in [0, 0.05) is 11.5 Å². The van der Waals surface area contributed by atoms with Crippen molar-refractivity contribution in [2.45, 2.75) is 19.5 Å². The number of rotatable bonds is 5. The number of guanidine groups is 1. The Labute approximate surface area is 177 Å². The topological polar surface area (TPSA) is 91.1 Å². The second-order valence-corrected chi connectivity index (χ2v) is 6.25. The van der Waals surface area contributed by atoms with Crippen molar-refractivity contribution in [1.82, 2.24) is 25.8 Å². The van der Waals surface area contributed by atoms with Gasteiger partial charge in [-0.2, -0.15) is 0 Å². The predicted octanol–water partition coefficient (Wildman–Crippen LogP) is 3.87. The van der Waals surface area contributed by atoms with Crippen molar-refractivity contribution in [3.05, 3.63) is 58.5 Å². The van der Waals surface area contributed by atoms with Crippen LogP contribution in [-0.2, 0) is 6.54 Å². The molecule has 0 fully saturated rings. The third-order valence-electron chi connectivity index (χ3n) is 3.65. The van der Waals surface area contributed by atoms with Crippen LogP contribution in [0.15, 0.2) is 56.5 Å². The van der Waals surface area contributed by atoms with Crippen molar-refractivity contribution in [3.8, 4) is 11.6 Å². The van der Waals surface area contributed by atoms with Crippen molar-refractivity contribution in [2.24, 2.45) is 4.99 Å². The summed E-state index contributed by atoms with van der Waals surface area (Å²) in [6, 6.07) is 11.8. The highest BCUT2D eigenvalue weighted by Gasteiger charge is 2.12. The van der Waals surface area contributed by atoms with Crippen molar-refractivity contribution in [1.29, 1.82) is 0 Å². The van der Waals surface area contributed by atoms with E-state index in [-0.39, 0.29) is 30.0 Å². The largest absolute Gasteiger partial charge is 0.461 e. The van der Waals surface area contributed by atoms with Gasteiger partial charge in [0.15, 0.2) is 11.7 Å². The third-order valence-corrected chi connectivity index (χ3v) is 4.37. The van der Waals surface area contributed by atoms with E-state index in [1.165, 1.54) is 0 Å². The second-order valence-electron chi connectivity index (χ2n) is 5.40. The number of nitrogens with zero attached hydrogens (tertiary/aromatic N) is 3. The van der Waals surface area contributed by atoms with E-state index >= 15 is 0 Å². The number of aromatic amines is 1. The zero-order valence-corrected chi connectivity index (χ0v) is 18.3. The average molecular weight is 531 g/mol. The Hall–Kier alpha value is -1.88. The molecular formula is C17H20BrIN6O. The van der Waals surface area contributed by atoms with Crippen molar-refractivity contribution in [3.63, 3.8) is 0 Å². The molecule has 0 aliphatic carbocycles. The van der Waals surface area contributed by atoms with Gasteiger partial charge in [0.05, 0.1) is 18.8 Å². The number of H-pyrrole nitrogens is 1. The normalized spacial score (nSPS) is 12.3. The number of aliphatic imine (C=N–C) groups is 1. The van der Waals surface area contributed by atoms with Crippen molar-refractivity contribution in [2.75, 3.05) is 7.05 Å². The Morgan fingerprint density at radius 1 is 1.31 bits per heavy atom. The molecule has 3 aromatic rings. The molecule has 1 aromatic carbocycles. The molecule has 3 N–H and O–H groups in total. The molecule has 9 heteroatoms. The predicted molar refractivity (Wildman–Crippen MR) is 115 cm³/mol. The highest BCUT2D eigenvalue weighted by atomic mass is 127. The van der Waals surface area contributed by atoms with Gasteiger partial charge in [0.25, 0.3) is 0 Å². The quantitative estimate of drug-likeness (QED) is 0.264. The summed E-state index contributed by atoms with van der Waals surface area (Å²) in [6.07, 6.45) is 1.60. The Morgan fingerprint density at radius 2 is 2.12 bits per heavy atom. The number of benzene rings is 1. The average Bonchev–Trinajstić information content (AvgIpc) is 3.30. The lowest BCUT2D eigenvalue weighted by atomic mass is 10.1. The van der Waals surface area contributed by atoms with Crippen LogP contribution in [0.2, 0.25) is 0 Å². The number of halogens is 2. The van der Waals surface area contributed by atoms with Crippen LogP contribution in [0.5, 0.6) is 0 Å². The van der Waals surface area contributed by atoms with E-state index in [9.17, 15) is 0 Å². The number of aromatic nitrogens is 3. The first-order valence-corrected chi connectivity index (χ1v) is 8.63. The van der Waals surface area contributed by atoms with E-state index in [0.717, 1.165) is 10.0 Å². The van der Waals surface area contributed by atoms with Crippen molar-refractivity contribution < 1.29 is 4.42 Å². The fourth-order valence-electron chi connectivity index (χ4n) is 2.36. The van der Waals surface area contributed by atoms with E-state index in [1.54, 1.807) is 19.4 Å². The SMILES string of the molecule is CN=C(NCc1nc(-c2ccco2)n[nH]1)NC(C)c1ccccc1Br.I. The van der Waals surface area contributed by atoms with Gasteiger partial charge < -0.3 is 15.1 Å². The molecule has 0 bridgehead atoms. The van der Waals surface area contributed by atoms with E-state index in [1.807, 2.05) is 24.3 Å². The summed E-state index contributed by atoms with van der Waals surface area (Å²) in [4.78, 5) is 8.65. The number of furan rings is 1.